The van der Waals surface area contributed by atoms with E-state index in [0.29, 0.717) is 12.2 Å². The Bertz CT molecular complexity index is 590. The molecule has 21 heavy (non-hydrogen) atoms. The molecule has 0 amide bonds. The highest BCUT2D eigenvalue weighted by molar-refractivity contribution is 7.98. The Morgan fingerprint density at radius 1 is 1.14 bits per heavy atom. The van der Waals surface area contributed by atoms with Crippen molar-refractivity contribution < 1.29 is 17.9 Å². The predicted molar refractivity (Wildman–Crippen MR) is 78.6 cm³/mol. The highest BCUT2D eigenvalue weighted by atomic mass is 32.2. The van der Waals surface area contributed by atoms with Crippen LogP contribution in [-0.4, -0.2) is 12.9 Å². The zero-order valence-electron chi connectivity index (χ0n) is 11.3. The molecule has 0 aliphatic heterocycles. The van der Waals surface area contributed by atoms with E-state index >= 15 is 0 Å². The second kappa shape index (κ2) is 7.26. The van der Waals surface area contributed by atoms with E-state index in [1.807, 2.05) is 30.5 Å². The maximum absolute atomic E-state index is 13.5. The summed E-state index contributed by atoms with van der Waals surface area (Å²) in [6, 6.07) is 11.8. The highest BCUT2D eigenvalue weighted by Crippen LogP contribution is 2.23. The summed E-state index contributed by atoms with van der Waals surface area (Å²) in [5, 5.41) is 3.03. The first-order valence-corrected chi connectivity index (χ1v) is 7.42. The maximum atomic E-state index is 13.5. The summed E-state index contributed by atoms with van der Waals surface area (Å²) in [5.41, 5.74) is 1.55. The van der Waals surface area contributed by atoms with Crippen LogP contribution in [0.1, 0.15) is 5.56 Å². The van der Waals surface area contributed by atoms with Gasteiger partial charge < -0.3 is 10.1 Å². The molecule has 1 N–H and O–H groups in total. The molecular formula is C15H14F3NOS. The maximum Gasteiger partial charge on any atom is 0.387 e. The van der Waals surface area contributed by atoms with Gasteiger partial charge in [0.25, 0.3) is 0 Å². The number of halogens is 3. The van der Waals surface area contributed by atoms with E-state index in [2.05, 4.69) is 10.1 Å². The number of rotatable bonds is 6. The third kappa shape index (κ3) is 4.60. The van der Waals surface area contributed by atoms with Gasteiger partial charge in [-0.3, -0.25) is 0 Å². The van der Waals surface area contributed by atoms with Crippen molar-refractivity contribution in [2.75, 3.05) is 11.6 Å². The van der Waals surface area contributed by atoms with Crippen molar-refractivity contribution in [3.63, 3.8) is 0 Å². The molecule has 0 spiro atoms. The quantitative estimate of drug-likeness (QED) is 0.777. The van der Waals surface area contributed by atoms with E-state index in [1.54, 1.807) is 11.8 Å². The van der Waals surface area contributed by atoms with Gasteiger partial charge in [-0.25, -0.2) is 4.39 Å². The molecule has 0 radical (unpaired) electrons. The van der Waals surface area contributed by atoms with E-state index in [9.17, 15) is 13.2 Å². The van der Waals surface area contributed by atoms with E-state index in [-0.39, 0.29) is 0 Å². The summed E-state index contributed by atoms with van der Waals surface area (Å²) in [6.07, 6.45) is 2.00. The normalized spacial score (nSPS) is 10.7. The smallest absolute Gasteiger partial charge is 0.387 e. The Morgan fingerprint density at radius 2 is 1.86 bits per heavy atom. The van der Waals surface area contributed by atoms with Crippen LogP contribution < -0.4 is 10.1 Å². The monoisotopic (exact) mass is 313 g/mol. The predicted octanol–water partition coefficient (Wildman–Crippen LogP) is 4.76. The first-order valence-electron chi connectivity index (χ1n) is 6.19. The number of anilines is 1. The number of alkyl halides is 2. The SMILES string of the molecule is CSc1ccc(CNc2ccc(OC(F)F)c(F)c2)cc1. The van der Waals surface area contributed by atoms with Gasteiger partial charge >= 0.3 is 6.61 Å². The number of hydrogen-bond acceptors (Lipinski definition) is 3. The molecule has 0 aliphatic carbocycles. The number of hydrogen-bond donors (Lipinski definition) is 1. The summed E-state index contributed by atoms with van der Waals surface area (Å²) < 4.78 is 41.6. The fraction of sp³-hybridized carbons (Fsp3) is 0.200. The molecule has 0 atom stereocenters. The van der Waals surface area contributed by atoms with Gasteiger partial charge in [-0.1, -0.05) is 12.1 Å². The lowest BCUT2D eigenvalue weighted by Gasteiger charge is -2.10. The van der Waals surface area contributed by atoms with Gasteiger partial charge in [0, 0.05) is 23.2 Å². The molecule has 2 aromatic rings. The van der Waals surface area contributed by atoms with Gasteiger partial charge in [-0.05, 0) is 36.1 Å². The van der Waals surface area contributed by atoms with Crippen molar-refractivity contribution in [1.82, 2.24) is 0 Å². The second-order valence-electron chi connectivity index (χ2n) is 4.23. The number of benzene rings is 2. The zero-order chi connectivity index (χ0) is 15.2. The van der Waals surface area contributed by atoms with Crippen molar-refractivity contribution >= 4 is 17.4 Å². The summed E-state index contributed by atoms with van der Waals surface area (Å²) in [4.78, 5) is 1.17. The van der Waals surface area contributed by atoms with Crippen molar-refractivity contribution in [2.24, 2.45) is 0 Å². The average molecular weight is 313 g/mol. The van der Waals surface area contributed by atoms with Gasteiger partial charge in [-0.2, -0.15) is 8.78 Å². The molecule has 0 saturated carbocycles. The average Bonchev–Trinajstić information content (AvgIpc) is 2.48. The Labute approximate surface area is 125 Å². The van der Waals surface area contributed by atoms with Crippen LogP contribution in [0.5, 0.6) is 5.75 Å². The van der Waals surface area contributed by atoms with Gasteiger partial charge in [0.2, 0.25) is 0 Å². The second-order valence-corrected chi connectivity index (χ2v) is 5.10. The Hall–Kier alpha value is -1.82. The van der Waals surface area contributed by atoms with E-state index in [0.717, 1.165) is 11.6 Å². The molecule has 0 bridgehead atoms. The van der Waals surface area contributed by atoms with Crippen molar-refractivity contribution in [2.45, 2.75) is 18.1 Å². The van der Waals surface area contributed by atoms with Crippen LogP contribution in [0.3, 0.4) is 0 Å². The number of thioether (sulfide) groups is 1. The van der Waals surface area contributed by atoms with Crippen molar-refractivity contribution in [1.29, 1.82) is 0 Å². The lowest BCUT2D eigenvalue weighted by Crippen LogP contribution is -2.05. The Balaban J connectivity index is 1.98. The summed E-state index contributed by atoms with van der Waals surface area (Å²) in [7, 11) is 0. The van der Waals surface area contributed by atoms with Gasteiger partial charge in [-0.15, -0.1) is 11.8 Å². The van der Waals surface area contributed by atoms with Crippen LogP contribution in [0.4, 0.5) is 18.9 Å². The van der Waals surface area contributed by atoms with Gasteiger partial charge in [0.05, 0.1) is 0 Å². The largest absolute Gasteiger partial charge is 0.432 e. The molecule has 2 aromatic carbocycles. The molecule has 6 heteroatoms. The van der Waals surface area contributed by atoms with Crippen LogP contribution in [0, 0.1) is 5.82 Å². The molecule has 0 unspecified atom stereocenters. The van der Waals surface area contributed by atoms with Gasteiger partial charge in [0.1, 0.15) is 0 Å². The van der Waals surface area contributed by atoms with E-state index in [1.165, 1.54) is 17.0 Å². The summed E-state index contributed by atoms with van der Waals surface area (Å²) in [6.45, 7) is -2.52. The first-order chi connectivity index (χ1) is 10.1. The fourth-order valence-corrected chi connectivity index (χ4v) is 2.16. The lowest BCUT2D eigenvalue weighted by atomic mass is 10.2. The molecule has 2 rings (SSSR count). The fourth-order valence-electron chi connectivity index (χ4n) is 1.75. The van der Waals surface area contributed by atoms with Crippen LogP contribution >= 0.6 is 11.8 Å². The van der Waals surface area contributed by atoms with Crippen LogP contribution in [0.15, 0.2) is 47.4 Å². The topological polar surface area (TPSA) is 21.3 Å². The Morgan fingerprint density at radius 3 is 2.43 bits per heavy atom. The summed E-state index contributed by atoms with van der Waals surface area (Å²) >= 11 is 1.66. The first kappa shape index (κ1) is 15.6. The molecule has 0 fully saturated rings. The minimum absolute atomic E-state index is 0.458. The molecule has 0 aliphatic rings. The molecule has 0 heterocycles. The van der Waals surface area contributed by atoms with Crippen LogP contribution in [0.2, 0.25) is 0 Å². The van der Waals surface area contributed by atoms with Crippen LogP contribution in [-0.2, 0) is 6.54 Å². The third-order valence-corrected chi connectivity index (χ3v) is 3.55. The summed E-state index contributed by atoms with van der Waals surface area (Å²) in [5.74, 6) is -1.28. The highest BCUT2D eigenvalue weighted by Gasteiger charge is 2.10. The Kier molecular flexibility index (Phi) is 5.38. The van der Waals surface area contributed by atoms with Gasteiger partial charge in [0.15, 0.2) is 11.6 Å². The lowest BCUT2D eigenvalue weighted by molar-refractivity contribution is -0.0521. The van der Waals surface area contributed by atoms with E-state index in [4.69, 9.17) is 0 Å². The molecule has 0 saturated heterocycles. The molecular weight excluding hydrogens is 299 g/mol. The minimum Gasteiger partial charge on any atom is -0.432 e. The standard InChI is InChI=1S/C15H14F3NOS/c1-21-12-5-2-10(3-6-12)9-19-11-4-7-14(13(16)8-11)20-15(17)18/h2-8,15,19H,9H2,1H3. The minimum atomic E-state index is -3.03. The van der Waals surface area contributed by atoms with E-state index < -0.39 is 18.2 Å². The molecule has 2 nitrogen and oxygen atoms in total. The van der Waals surface area contributed by atoms with Crippen molar-refractivity contribution in [3.05, 3.63) is 53.8 Å². The molecule has 112 valence electrons. The number of ether oxygens (including phenoxy) is 1. The van der Waals surface area contributed by atoms with Crippen molar-refractivity contribution in [3.8, 4) is 5.75 Å². The molecule has 0 aromatic heterocycles. The number of nitrogens with one attached hydrogen (secondary N) is 1. The van der Waals surface area contributed by atoms with Crippen LogP contribution in [0.25, 0.3) is 0 Å². The zero-order valence-corrected chi connectivity index (χ0v) is 12.1. The third-order valence-electron chi connectivity index (χ3n) is 2.80.